The van der Waals surface area contributed by atoms with Crippen LogP contribution < -0.4 is 10.6 Å². The first-order valence-electron chi connectivity index (χ1n) is 6.51. The average molecular weight is 437 g/mol. The van der Waals surface area contributed by atoms with Crippen LogP contribution in [0.2, 0.25) is 0 Å². The Labute approximate surface area is 149 Å². The standard InChI is InChI=1S/C15H17F2N3S.HI/c1-10-5-6-21-14(10)9-20-15(18-2)19-8-11-7-12(16)3-4-13(11)17;/h3-7H,8-9H2,1-2H3,(H2,18,19,20);1H. The van der Waals surface area contributed by atoms with Gasteiger partial charge in [0.15, 0.2) is 5.96 Å². The quantitative estimate of drug-likeness (QED) is 0.434. The predicted molar refractivity (Wildman–Crippen MR) is 97.9 cm³/mol. The van der Waals surface area contributed by atoms with E-state index in [1.807, 2.05) is 12.3 Å². The summed E-state index contributed by atoms with van der Waals surface area (Å²) in [5, 5.41) is 8.15. The van der Waals surface area contributed by atoms with Crippen LogP contribution in [0.1, 0.15) is 16.0 Å². The monoisotopic (exact) mass is 437 g/mol. The summed E-state index contributed by atoms with van der Waals surface area (Å²) >= 11 is 1.67. The molecule has 0 fully saturated rings. The van der Waals surface area contributed by atoms with Crippen LogP contribution in [0.15, 0.2) is 34.6 Å². The molecule has 0 saturated carbocycles. The molecule has 3 nitrogen and oxygen atoms in total. The second-order valence-electron chi connectivity index (χ2n) is 4.54. The first kappa shape index (κ1) is 18.8. The highest BCUT2D eigenvalue weighted by atomic mass is 127. The van der Waals surface area contributed by atoms with Gasteiger partial charge in [-0.25, -0.2) is 8.78 Å². The van der Waals surface area contributed by atoms with Crippen LogP contribution in [0.4, 0.5) is 8.78 Å². The van der Waals surface area contributed by atoms with Gasteiger partial charge in [0.1, 0.15) is 11.6 Å². The third-order valence-corrected chi connectivity index (χ3v) is 4.09. The molecule has 2 aromatic rings. The summed E-state index contributed by atoms with van der Waals surface area (Å²) in [6.45, 7) is 2.87. The molecular formula is C15H18F2IN3S. The molecule has 0 saturated heterocycles. The van der Waals surface area contributed by atoms with Crippen molar-refractivity contribution >= 4 is 41.3 Å². The van der Waals surface area contributed by atoms with E-state index in [0.29, 0.717) is 12.5 Å². The van der Waals surface area contributed by atoms with E-state index in [1.165, 1.54) is 16.5 Å². The van der Waals surface area contributed by atoms with E-state index in [9.17, 15) is 8.78 Å². The maximum Gasteiger partial charge on any atom is 0.191 e. The van der Waals surface area contributed by atoms with E-state index in [4.69, 9.17) is 0 Å². The van der Waals surface area contributed by atoms with Gasteiger partial charge in [0.05, 0.1) is 6.54 Å². The van der Waals surface area contributed by atoms with E-state index in [1.54, 1.807) is 18.4 Å². The zero-order valence-electron chi connectivity index (χ0n) is 12.3. The van der Waals surface area contributed by atoms with Crippen molar-refractivity contribution < 1.29 is 8.78 Å². The maximum atomic E-state index is 13.5. The van der Waals surface area contributed by atoms with Gasteiger partial charge in [-0.1, -0.05) is 0 Å². The Morgan fingerprint density at radius 1 is 1.18 bits per heavy atom. The topological polar surface area (TPSA) is 36.4 Å². The van der Waals surface area contributed by atoms with Crippen molar-refractivity contribution in [2.45, 2.75) is 20.0 Å². The number of aliphatic imine (C=N–C) groups is 1. The zero-order valence-corrected chi connectivity index (χ0v) is 15.5. The summed E-state index contributed by atoms with van der Waals surface area (Å²) in [5.74, 6) is -0.342. The lowest BCUT2D eigenvalue weighted by Gasteiger charge is -2.12. The molecule has 0 unspecified atom stereocenters. The van der Waals surface area contributed by atoms with Crippen molar-refractivity contribution in [3.05, 3.63) is 57.3 Å². The first-order chi connectivity index (χ1) is 10.1. The summed E-state index contributed by atoms with van der Waals surface area (Å²) in [4.78, 5) is 5.28. The van der Waals surface area contributed by atoms with Crippen molar-refractivity contribution in [1.82, 2.24) is 10.6 Å². The Hall–Kier alpha value is -1.22. The summed E-state index contributed by atoms with van der Waals surface area (Å²) in [5.41, 5.74) is 1.49. The molecule has 0 amide bonds. The Kier molecular flexibility index (Phi) is 7.74. The Bertz CT molecular complexity index is 643. The number of benzene rings is 1. The van der Waals surface area contributed by atoms with Crippen LogP contribution in [0.5, 0.6) is 0 Å². The van der Waals surface area contributed by atoms with Crippen LogP contribution in [-0.4, -0.2) is 13.0 Å². The number of hydrogen-bond acceptors (Lipinski definition) is 2. The van der Waals surface area contributed by atoms with Crippen LogP contribution >= 0.6 is 35.3 Å². The minimum atomic E-state index is -0.453. The largest absolute Gasteiger partial charge is 0.352 e. The number of aryl methyl sites for hydroxylation is 1. The average Bonchev–Trinajstić information content (AvgIpc) is 2.88. The summed E-state index contributed by atoms with van der Waals surface area (Å²) in [6.07, 6.45) is 0. The van der Waals surface area contributed by atoms with Gasteiger partial charge in [0.2, 0.25) is 0 Å². The lowest BCUT2D eigenvalue weighted by molar-refractivity contribution is 0.581. The van der Waals surface area contributed by atoms with Gasteiger partial charge < -0.3 is 10.6 Å². The summed E-state index contributed by atoms with van der Waals surface area (Å²) in [6, 6.07) is 5.46. The summed E-state index contributed by atoms with van der Waals surface area (Å²) in [7, 11) is 1.64. The number of nitrogens with zero attached hydrogens (tertiary/aromatic N) is 1. The molecule has 22 heavy (non-hydrogen) atoms. The fraction of sp³-hybridized carbons (Fsp3) is 0.267. The molecule has 1 aromatic heterocycles. The smallest absolute Gasteiger partial charge is 0.191 e. The van der Waals surface area contributed by atoms with Gasteiger partial charge >= 0.3 is 0 Å². The normalized spacial score (nSPS) is 11.0. The van der Waals surface area contributed by atoms with Crippen molar-refractivity contribution in [3.8, 4) is 0 Å². The van der Waals surface area contributed by atoms with Gasteiger partial charge in [-0.3, -0.25) is 4.99 Å². The Morgan fingerprint density at radius 2 is 1.91 bits per heavy atom. The number of hydrogen-bond donors (Lipinski definition) is 2. The lowest BCUT2D eigenvalue weighted by atomic mass is 10.2. The molecular weight excluding hydrogens is 419 g/mol. The van der Waals surface area contributed by atoms with E-state index < -0.39 is 11.6 Å². The first-order valence-corrected chi connectivity index (χ1v) is 7.39. The number of halogens is 3. The Morgan fingerprint density at radius 3 is 2.55 bits per heavy atom. The molecule has 0 spiro atoms. The number of rotatable bonds is 4. The molecule has 2 N–H and O–H groups in total. The highest BCUT2D eigenvalue weighted by molar-refractivity contribution is 14.0. The van der Waals surface area contributed by atoms with Crippen LogP contribution in [0, 0.1) is 18.6 Å². The second-order valence-corrected chi connectivity index (χ2v) is 5.54. The van der Waals surface area contributed by atoms with Crippen molar-refractivity contribution in [3.63, 3.8) is 0 Å². The van der Waals surface area contributed by atoms with E-state index in [0.717, 1.165) is 12.1 Å². The fourth-order valence-electron chi connectivity index (χ4n) is 1.83. The third-order valence-electron chi connectivity index (χ3n) is 3.06. The van der Waals surface area contributed by atoms with E-state index >= 15 is 0 Å². The molecule has 7 heteroatoms. The van der Waals surface area contributed by atoms with Gasteiger partial charge in [-0.2, -0.15) is 0 Å². The minimum absolute atomic E-state index is 0. The Balaban J connectivity index is 0.00000242. The minimum Gasteiger partial charge on any atom is -0.352 e. The molecule has 120 valence electrons. The molecule has 0 aliphatic carbocycles. The number of nitrogens with one attached hydrogen (secondary N) is 2. The van der Waals surface area contributed by atoms with Crippen molar-refractivity contribution in [2.24, 2.45) is 4.99 Å². The molecule has 0 radical (unpaired) electrons. The molecule has 0 aliphatic rings. The number of thiophene rings is 1. The highest BCUT2D eigenvalue weighted by Crippen LogP contribution is 2.14. The van der Waals surface area contributed by atoms with Crippen LogP contribution in [0.25, 0.3) is 0 Å². The molecule has 1 aromatic carbocycles. The fourth-order valence-corrected chi connectivity index (χ4v) is 2.67. The summed E-state index contributed by atoms with van der Waals surface area (Å²) < 4.78 is 26.6. The molecule has 2 rings (SSSR count). The maximum absolute atomic E-state index is 13.5. The zero-order chi connectivity index (χ0) is 15.2. The second kappa shape index (κ2) is 9.04. The van der Waals surface area contributed by atoms with Crippen LogP contribution in [0.3, 0.4) is 0 Å². The molecule has 0 atom stereocenters. The number of guanidine groups is 1. The van der Waals surface area contributed by atoms with Crippen LogP contribution in [-0.2, 0) is 13.1 Å². The van der Waals surface area contributed by atoms with Gasteiger partial charge in [-0.15, -0.1) is 35.3 Å². The van der Waals surface area contributed by atoms with Gasteiger partial charge in [0, 0.05) is 24.0 Å². The highest BCUT2D eigenvalue weighted by Gasteiger charge is 2.06. The molecule has 0 bridgehead atoms. The lowest BCUT2D eigenvalue weighted by Crippen LogP contribution is -2.36. The van der Waals surface area contributed by atoms with Gasteiger partial charge in [-0.05, 0) is 42.1 Å². The van der Waals surface area contributed by atoms with Gasteiger partial charge in [0.25, 0.3) is 0 Å². The molecule has 0 aliphatic heterocycles. The van der Waals surface area contributed by atoms with E-state index in [2.05, 4.69) is 21.7 Å². The third kappa shape index (κ3) is 5.20. The van der Waals surface area contributed by atoms with E-state index in [-0.39, 0.29) is 36.1 Å². The SMILES string of the molecule is CN=C(NCc1cc(F)ccc1F)NCc1sccc1C.I. The predicted octanol–water partition coefficient (Wildman–Crippen LogP) is 3.82. The van der Waals surface area contributed by atoms with Crippen molar-refractivity contribution in [2.75, 3.05) is 7.05 Å². The van der Waals surface area contributed by atoms with Crippen molar-refractivity contribution in [1.29, 1.82) is 0 Å². The molecule has 1 heterocycles.